The SMILES string of the molecule is Cc1ccc(NC(=O)c2sc3ncn(C(C)C(=O)c4ccc5c(c4)N(C)C(=O)C(C)O5)c(=O)c3c2C)c(C)c1. The number of carbonyl (C=O) groups excluding carboxylic acids is 3. The van der Waals surface area contributed by atoms with E-state index in [-0.39, 0.29) is 17.6 Å². The fraction of sp³-hybridized carbons (Fsp3) is 0.276. The number of carbonyl (C=O) groups is 3. The Bertz CT molecular complexity index is 1740. The van der Waals surface area contributed by atoms with E-state index in [1.54, 1.807) is 46.0 Å². The van der Waals surface area contributed by atoms with Crippen molar-refractivity contribution in [2.24, 2.45) is 0 Å². The summed E-state index contributed by atoms with van der Waals surface area (Å²) in [6, 6.07) is 9.76. The number of fused-ring (bicyclic) bond motifs is 2. The van der Waals surface area contributed by atoms with E-state index in [1.165, 1.54) is 15.8 Å². The minimum atomic E-state index is -0.872. The van der Waals surface area contributed by atoms with E-state index in [0.717, 1.165) is 22.5 Å². The zero-order valence-corrected chi connectivity index (χ0v) is 23.3. The van der Waals surface area contributed by atoms with Gasteiger partial charge in [-0.15, -0.1) is 11.3 Å². The van der Waals surface area contributed by atoms with E-state index >= 15 is 0 Å². The Labute approximate surface area is 229 Å². The summed E-state index contributed by atoms with van der Waals surface area (Å²) < 4.78 is 6.93. The number of nitrogens with zero attached hydrogens (tertiary/aromatic N) is 3. The van der Waals surface area contributed by atoms with Crippen molar-refractivity contribution in [3.63, 3.8) is 0 Å². The average molecular weight is 545 g/mol. The highest BCUT2D eigenvalue weighted by Crippen LogP contribution is 2.35. The Morgan fingerprint density at radius 2 is 1.85 bits per heavy atom. The lowest BCUT2D eigenvalue weighted by atomic mass is 10.0. The molecule has 2 aromatic heterocycles. The summed E-state index contributed by atoms with van der Waals surface area (Å²) in [5.74, 6) is -0.339. The maximum atomic E-state index is 13.5. The molecule has 2 aromatic carbocycles. The van der Waals surface area contributed by atoms with E-state index in [1.807, 2.05) is 32.0 Å². The highest BCUT2D eigenvalue weighted by Gasteiger charge is 2.30. The Morgan fingerprint density at radius 3 is 2.56 bits per heavy atom. The first-order valence-electron chi connectivity index (χ1n) is 12.5. The van der Waals surface area contributed by atoms with E-state index in [9.17, 15) is 19.2 Å². The maximum absolute atomic E-state index is 13.5. The number of ether oxygens (including phenoxy) is 1. The van der Waals surface area contributed by atoms with Crippen LogP contribution in [0, 0.1) is 20.8 Å². The lowest BCUT2D eigenvalue weighted by molar-refractivity contribution is -0.125. The molecule has 0 fully saturated rings. The highest BCUT2D eigenvalue weighted by molar-refractivity contribution is 7.20. The predicted molar refractivity (Wildman–Crippen MR) is 151 cm³/mol. The summed E-state index contributed by atoms with van der Waals surface area (Å²) in [6.07, 6.45) is 0.731. The van der Waals surface area contributed by atoms with Gasteiger partial charge in [0.15, 0.2) is 11.9 Å². The number of aryl methyl sites for hydroxylation is 3. The fourth-order valence-corrected chi connectivity index (χ4v) is 5.83. The van der Waals surface area contributed by atoms with E-state index in [4.69, 9.17) is 4.74 Å². The zero-order valence-electron chi connectivity index (χ0n) is 22.5. The fourth-order valence-electron chi connectivity index (χ4n) is 4.79. The second-order valence-corrected chi connectivity index (χ2v) is 10.8. The van der Waals surface area contributed by atoms with Crippen LogP contribution < -0.4 is 20.5 Å². The third-order valence-corrected chi connectivity index (χ3v) is 8.29. The second kappa shape index (κ2) is 9.77. The van der Waals surface area contributed by atoms with Crippen LogP contribution in [-0.2, 0) is 4.79 Å². The van der Waals surface area contributed by atoms with Gasteiger partial charge in [0.2, 0.25) is 0 Å². The normalized spacial score (nSPS) is 15.6. The summed E-state index contributed by atoms with van der Waals surface area (Å²) in [6.45, 7) is 8.91. The third kappa shape index (κ3) is 4.50. The molecule has 2 atom stereocenters. The molecule has 10 heteroatoms. The highest BCUT2D eigenvalue weighted by atomic mass is 32.1. The number of hydrogen-bond acceptors (Lipinski definition) is 7. The van der Waals surface area contributed by atoms with Gasteiger partial charge in [-0.2, -0.15) is 0 Å². The molecule has 0 radical (unpaired) electrons. The molecule has 1 N–H and O–H groups in total. The summed E-state index contributed by atoms with van der Waals surface area (Å²) >= 11 is 1.14. The molecule has 0 saturated carbocycles. The Kier molecular flexibility index (Phi) is 6.59. The molecule has 0 bridgehead atoms. The van der Waals surface area contributed by atoms with E-state index in [2.05, 4.69) is 10.3 Å². The van der Waals surface area contributed by atoms with Gasteiger partial charge in [-0.3, -0.25) is 23.7 Å². The number of rotatable bonds is 5. The van der Waals surface area contributed by atoms with Crippen molar-refractivity contribution in [1.82, 2.24) is 9.55 Å². The summed E-state index contributed by atoms with van der Waals surface area (Å²) in [4.78, 5) is 59.2. The van der Waals surface area contributed by atoms with Crippen molar-refractivity contribution in [3.05, 3.63) is 80.2 Å². The van der Waals surface area contributed by atoms with Crippen molar-refractivity contribution in [3.8, 4) is 5.75 Å². The van der Waals surface area contributed by atoms with Gasteiger partial charge in [0.25, 0.3) is 17.4 Å². The molecule has 0 aliphatic carbocycles. The largest absolute Gasteiger partial charge is 0.479 e. The molecule has 3 heterocycles. The van der Waals surface area contributed by atoms with Gasteiger partial charge in [-0.05, 0) is 70.0 Å². The quantitative estimate of drug-likeness (QED) is 0.361. The standard InChI is InChI=1S/C29H28N4O5S/c1-14-7-9-20(15(2)11-14)31-26(35)25-16(3)23-27(39-25)30-13-33(29(23)37)17(4)24(34)19-8-10-22-21(12-19)32(6)28(36)18(5)38-22/h7-13,17-18H,1-6H3,(H,31,35). The average Bonchev–Trinajstić information content (AvgIpc) is 3.25. The smallest absolute Gasteiger partial charge is 0.267 e. The van der Waals surface area contributed by atoms with E-state index in [0.29, 0.717) is 43.3 Å². The minimum Gasteiger partial charge on any atom is -0.479 e. The molecule has 4 aromatic rings. The van der Waals surface area contributed by atoms with Crippen molar-refractivity contribution >= 4 is 50.5 Å². The van der Waals surface area contributed by atoms with Gasteiger partial charge in [0, 0.05) is 18.3 Å². The molecule has 200 valence electrons. The third-order valence-electron chi connectivity index (χ3n) is 7.10. The topological polar surface area (TPSA) is 111 Å². The molecular weight excluding hydrogens is 516 g/mol. The second-order valence-electron chi connectivity index (χ2n) is 9.85. The molecule has 2 amide bonds. The van der Waals surface area contributed by atoms with Crippen molar-refractivity contribution in [1.29, 1.82) is 0 Å². The molecular formula is C29H28N4O5S. The number of thiophene rings is 1. The van der Waals surface area contributed by atoms with Crippen LogP contribution in [0.5, 0.6) is 5.75 Å². The van der Waals surface area contributed by atoms with Crippen LogP contribution in [0.2, 0.25) is 0 Å². The molecule has 0 spiro atoms. The first kappa shape index (κ1) is 26.3. The molecule has 5 rings (SSSR count). The number of ketones is 1. The van der Waals surface area contributed by atoms with Gasteiger partial charge in [0.05, 0.1) is 28.3 Å². The number of likely N-dealkylation sites (N-methyl/N-ethyl adjacent to an activating group) is 1. The molecule has 9 nitrogen and oxygen atoms in total. The number of Topliss-reactive ketones (excluding diaryl/α,β-unsaturated/α-hetero) is 1. The molecule has 1 aliphatic rings. The summed E-state index contributed by atoms with van der Waals surface area (Å²) in [7, 11) is 1.63. The Morgan fingerprint density at radius 1 is 1.10 bits per heavy atom. The number of aromatic nitrogens is 2. The number of amides is 2. The minimum absolute atomic E-state index is 0.212. The Hall–Kier alpha value is -4.31. The monoisotopic (exact) mass is 544 g/mol. The number of hydrogen-bond donors (Lipinski definition) is 1. The first-order valence-corrected chi connectivity index (χ1v) is 13.3. The van der Waals surface area contributed by atoms with Crippen LogP contribution in [0.15, 0.2) is 47.5 Å². The van der Waals surface area contributed by atoms with Gasteiger partial charge < -0.3 is 15.0 Å². The summed E-state index contributed by atoms with van der Waals surface area (Å²) in [5, 5.41) is 3.24. The first-order chi connectivity index (χ1) is 18.5. The van der Waals surface area contributed by atoms with Crippen molar-refractivity contribution in [2.45, 2.75) is 46.8 Å². The lowest BCUT2D eigenvalue weighted by Gasteiger charge is -2.30. The zero-order chi connectivity index (χ0) is 28.2. The molecule has 39 heavy (non-hydrogen) atoms. The van der Waals surface area contributed by atoms with Crippen LogP contribution in [-0.4, -0.2) is 40.3 Å². The molecule has 1 aliphatic heterocycles. The summed E-state index contributed by atoms with van der Waals surface area (Å²) in [5.41, 5.74) is 3.67. The van der Waals surface area contributed by atoms with Crippen LogP contribution in [0.25, 0.3) is 10.2 Å². The van der Waals surface area contributed by atoms with Crippen LogP contribution in [0.1, 0.15) is 56.6 Å². The predicted octanol–water partition coefficient (Wildman–Crippen LogP) is 4.82. The van der Waals surface area contributed by atoms with Crippen molar-refractivity contribution in [2.75, 3.05) is 17.3 Å². The molecule has 2 unspecified atom stereocenters. The van der Waals surface area contributed by atoms with Crippen LogP contribution in [0.3, 0.4) is 0 Å². The van der Waals surface area contributed by atoms with Crippen LogP contribution >= 0.6 is 11.3 Å². The number of anilines is 2. The van der Waals surface area contributed by atoms with Gasteiger partial charge in [-0.1, -0.05) is 17.7 Å². The van der Waals surface area contributed by atoms with E-state index < -0.39 is 17.7 Å². The molecule has 0 saturated heterocycles. The van der Waals surface area contributed by atoms with Gasteiger partial charge in [0.1, 0.15) is 10.6 Å². The Balaban J connectivity index is 1.46. The van der Waals surface area contributed by atoms with Gasteiger partial charge in [-0.25, -0.2) is 4.98 Å². The van der Waals surface area contributed by atoms with Crippen molar-refractivity contribution < 1.29 is 19.1 Å². The lowest BCUT2D eigenvalue weighted by Crippen LogP contribution is -2.42. The van der Waals surface area contributed by atoms with Crippen LogP contribution in [0.4, 0.5) is 11.4 Å². The number of nitrogens with one attached hydrogen (secondary N) is 1. The number of benzene rings is 2. The maximum Gasteiger partial charge on any atom is 0.267 e. The van der Waals surface area contributed by atoms with Gasteiger partial charge >= 0.3 is 0 Å².